The van der Waals surface area contributed by atoms with Gasteiger partial charge in [-0.2, -0.15) is 0 Å². The van der Waals surface area contributed by atoms with Crippen molar-refractivity contribution < 1.29 is 14.3 Å². The van der Waals surface area contributed by atoms with Gasteiger partial charge in [0.05, 0.1) is 6.10 Å². The monoisotopic (exact) mass is 279 g/mol. The molecule has 0 aliphatic rings. The molecule has 1 aromatic rings. The predicted octanol–water partition coefficient (Wildman–Crippen LogP) is 3.62. The van der Waals surface area contributed by atoms with E-state index in [0.29, 0.717) is 6.61 Å². The molecule has 0 saturated carbocycles. The Balaban J connectivity index is 2.63. The molecule has 0 spiro atoms. The number of nitrogens with one attached hydrogen (secondary N) is 1. The second-order valence-corrected chi connectivity index (χ2v) is 5.26. The molecule has 4 heteroatoms. The first kappa shape index (κ1) is 16.5. The fraction of sp³-hybridized carbons (Fsp3) is 0.562. The van der Waals surface area contributed by atoms with Gasteiger partial charge in [0.25, 0.3) is 5.91 Å². The molecule has 0 aliphatic heterocycles. The largest absolute Gasteiger partial charge is 0.491 e. The van der Waals surface area contributed by atoms with Crippen LogP contribution in [0.4, 0.5) is 5.69 Å². The van der Waals surface area contributed by atoms with Crippen LogP contribution in [-0.2, 0) is 9.53 Å². The van der Waals surface area contributed by atoms with Crippen molar-refractivity contribution in [2.45, 2.75) is 52.7 Å². The fourth-order valence-corrected chi connectivity index (χ4v) is 1.64. The van der Waals surface area contributed by atoms with Gasteiger partial charge in [-0.3, -0.25) is 4.79 Å². The summed E-state index contributed by atoms with van der Waals surface area (Å²) in [6, 6.07) is 7.38. The molecule has 0 heterocycles. The molecule has 1 amide bonds. The summed E-state index contributed by atoms with van der Waals surface area (Å²) in [5.41, 5.74) is -0.0972. The molecular formula is C16H25NO3. The zero-order valence-electron chi connectivity index (χ0n) is 13.0. The van der Waals surface area contributed by atoms with Crippen LogP contribution in [0.2, 0.25) is 0 Å². The van der Waals surface area contributed by atoms with Gasteiger partial charge in [0.1, 0.15) is 11.4 Å². The highest BCUT2D eigenvalue weighted by atomic mass is 16.5. The number of rotatable bonds is 7. The Hall–Kier alpha value is -1.55. The lowest BCUT2D eigenvalue weighted by molar-refractivity contribution is -0.136. The smallest absolute Gasteiger partial charge is 0.256 e. The van der Waals surface area contributed by atoms with Crippen molar-refractivity contribution in [3.8, 4) is 5.75 Å². The Morgan fingerprint density at radius 1 is 1.25 bits per heavy atom. The Kier molecular flexibility index (Phi) is 6.02. The van der Waals surface area contributed by atoms with Crippen molar-refractivity contribution in [2.24, 2.45) is 0 Å². The second kappa shape index (κ2) is 7.29. The van der Waals surface area contributed by atoms with Crippen molar-refractivity contribution in [1.82, 2.24) is 0 Å². The van der Waals surface area contributed by atoms with Gasteiger partial charge in [0.2, 0.25) is 0 Å². The molecule has 0 fully saturated rings. The van der Waals surface area contributed by atoms with Gasteiger partial charge in [-0.25, -0.2) is 0 Å². The molecule has 1 unspecified atom stereocenters. The van der Waals surface area contributed by atoms with Gasteiger partial charge in [-0.05, 0) is 58.4 Å². The number of ether oxygens (including phenoxy) is 2. The number of carbonyl (C=O) groups is 1. The summed E-state index contributed by atoms with van der Waals surface area (Å²) in [6.07, 6.45) is 1.15. The SMILES string of the molecule is CCOC(C)(C)C(=O)Nc1ccc(OC(C)CC)cc1. The van der Waals surface area contributed by atoms with Gasteiger partial charge in [0.15, 0.2) is 0 Å². The lowest BCUT2D eigenvalue weighted by Gasteiger charge is -2.23. The summed E-state index contributed by atoms with van der Waals surface area (Å²) >= 11 is 0. The minimum Gasteiger partial charge on any atom is -0.491 e. The second-order valence-electron chi connectivity index (χ2n) is 5.26. The molecule has 0 aliphatic carbocycles. The number of carbonyl (C=O) groups excluding carboxylic acids is 1. The van der Waals surface area contributed by atoms with Crippen molar-refractivity contribution in [3.63, 3.8) is 0 Å². The van der Waals surface area contributed by atoms with Crippen LogP contribution in [0.5, 0.6) is 5.75 Å². The summed E-state index contributed by atoms with van der Waals surface area (Å²) in [5, 5.41) is 2.84. The molecular weight excluding hydrogens is 254 g/mol. The molecule has 0 saturated heterocycles. The highest BCUT2D eigenvalue weighted by Crippen LogP contribution is 2.19. The maximum atomic E-state index is 12.1. The summed E-state index contributed by atoms with van der Waals surface area (Å²) in [4.78, 5) is 12.1. The number of benzene rings is 1. The fourth-order valence-electron chi connectivity index (χ4n) is 1.64. The third-order valence-electron chi connectivity index (χ3n) is 3.08. The Labute approximate surface area is 121 Å². The minimum absolute atomic E-state index is 0.157. The van der Waals surface area contributed by atoms with Gasteiger partial charge >= 0.3 is 0 Å². The molecule has 1 aromatic carbocycles. The van der Waals surface area contributed by atoms with Gasteiger partial charge in [0, 0.05) is 12.3 Å². The van der Waals surface area contributed by atoms with Crippen LogP contribution in [-0.4, -0.2) is 24.2 Å². The van der Waals surface area contributed by atoms with E-state index < -0.39 is 5.60 Å². The highest BCUT2D eigenvalue weighted by Gasteiger charge is 2.27. The van der Waals surface area contributed by atoms with E-state index in [1.165, 1.54) is 0 Å². The van der Waals surface area contributed by atoms with E-state index in [9.17, 15) is 4.79 Å². The zero-order chi connectivity index (χ0) is 15.2. The Morgan fingerprint density at radius 3 is 2.35 bits per heavy atom. The predicted molar refractivity (Wildman–Crippen MR) is 81.2 cm³/mol. The average molecular weight is 279 g/mol. The lowest BCUT2D eigenvalue weighted by atomic mass is 10.1. The zero-order valence-corrected chi connectivity index (χ0v) is 13.0. The Morgan fingerprint density at radius 2 is 1.85 bits per heavy atom. The van der Waals surface area contributed by atoms with E-state index >= 15 is 0 Å². The van der Waals surface area contributed by atoms with Crippen LogP contribution in [0.25, 0.3) is 0 Å². The number of anilines is 1. The molecule has 4 nitrogen and oxygen atoms in total. The molecule has 0 bridgehead atoms. The van der Waals surface area contributed by atoms with Crippen molar-refractivity contribution in [2.75, 3.05) is 11.9 Å². The molecule has 0 aromatic heterocycles. The number of hydrogen-bond donors (Lipinski definition) is 1. The van der Waals surface area contributed by atoms with E-state index in [-0.39, 0.29) is 12.0 Å². The molecule has 1 atom stereocenters. The van der Waals surface area contributed by atoms with Crippen molar-refractivity contribution in [1.29, 1.82) is 0 Å². The molecule has 0 radical (unpaired) electrons. The standard InChI is InChI=1S/C16H25NO3/c1-6-12(3)20-14-10-8-13(9-11-14)17-15(18)16(4,5)19-7-2/h8-12H,6-7H2,1-5H3,(H,17,18). The van der Waals surface area contributed by atoms with E-state index in [0.717, 1.165) is 17.9 Å². The van der Waals surface area contributed by atoms with E-state index in [1.807, 2.05) is 38.1 Å². The van der Waals surface area contributed by atoms with Gasteiger partial charge in [-0.15, -0.1) is 0 Å². The summed E-state index contributed by atoms with van der Waals surface area (Å²) < 4.78 is 11.1. The summed E-state index contributed by atoms with van der Waals surface area (Å²) in [6.45, 7) is 9.99. The number of amides is 1. The quantitative estimate of drug-likeness (QED) is 0.829. The maximum absolute atomic E-state index is 12.1. The maximum Gasteiger partial charge on any atom is 0.256 e. The summed E-state index contributed by atoms with van der Waals surface area (Å²) in [7, 11) is 0. The normalized spacial score (nSPS) is 12.8. The summed E-state index contributed by atoms with van der Waals surface area (Å²) in [5.74, 6) is 0.649. The topological polar surface area (TPSA) is 47.6 Å². The van der Waals surface area contributed by atoms with Crippen LogP contribution in [0.15, 0.2) is 24.3 Å². The van der Waals surface area contributed by atoms with Crippen molar-refractivity contribution >= 4 is 11.6 Å². The minimum atomic E-state index is -0.833. The van der Waals surface area contributed by atoms with Crippen LogP contribution in [0.3, 0.4) is 0 Å². The first-order valence-electron chi connectivity index (χ1n) is 7.11. The third-order valence-corrected chi connectivity index (χ3v) is 3.08. The van der Waals surface area contributed by atoms with Crippen LogP contribution in [0.1, 0.15) is 41.0 Å². The Bertz CT molecular complexity index is 426. The van der Waals surface area contributed by atoms with E-state index in [4.69, 9.17) is 9.47 Å². The van der Waals surface area contributed by atoms with Crippen LogP contribution >= 0.6 is 0 Å². The highest BCUT2D eigenvalue weighted by molar-refractivity contribution is 5.96. The van der Waals surface area contributed by atoms with Crippen LogP contribution < -0.4 is 10.1 Å². The lowest BCUT2D eigenvalue weighted by Crippen LogP contribution is -2.39. The van der Waals surface area contributed by atoms with E-state index in [2.05, 4.69) is 12.2 Å². The first-order valence-corrected chi connectivity index (χ1v) is 7.11. The van der Waals surface area contributed by atoms with Gasteiger partial charge in [-0.1, -0.05) is 6.92 Å². The molecule has 1 N–H and O–H groups in total. The first-order chi connectivity index (χ1) is 9.39. The number of hydrogen-bond acceptors (Lipinski definition) is 3. The molecule has 20 heavy (non-hydrogen) atoms. The van der Waals surface area contributed by atoms with Gasteiger partial charge < -0.3 is 14.8 Å². The van der Waals surface area contributed by atoms with Crippen molar-refractivity contribution in [3.05, 3.63) is 24.3 Å². The molecule has 1 rings (SSSR count). The average Bonchev–Trinajstić information content (AvgIpc) is 2.40. The third kappa shape index (κ3) is 4.85. The van der Waals surface area contributed by atoms with E-state index in [1.54, 1.807) is 13.8 Å². The molecule has 112 valence electrons. The van der Waals surface area contributed by atoms with Crippen LogP contribution in [0, 0.1) is 0 Å².